The molecule has 0 unspecified atom stereocenters. The molecular weight excluding hydrogens is 424 g/mol. The lowest BCUT2D eigenvalue weighted by Crippen LogP contribution is -2.43. The number of rotatable bonds is 7. The number of anilines is 1. The number of nitrogens with zero attached hydrogens (tertiary/aromatic N) is 1. The van der Waals surface area contributed by atoms with Crippen LogP contribution in [0.3, 0.4) is 0 Å². The normalized spacial score (nSPS) is 22.5. The molecule has 1 heterocycles. The van der Waals surface area contributed by atoms with Crippen molar-refractivity contribution in [3.05, 3.63) is 52.4 Å². The summed E-state index contributed by atoms with van der Waals surface area (Å²) in [6, 6.07) is 7.69. The Morgan fingerprint density at radius 2 is 1.79 bits per heavy atom. The van der Waals surface area contributed by atoms with E-state index < -0.39 is 23.8 Å². The number of methoxy groups -OCH3 is 2. The predicted molar refractivity (Wildman–Crippen MR) is 124 cm³/mol. The van der Waals surface area contributed by atoms with Crippen molar-refractivity contribution in [2.75, 3.05) is 46.4 Å². The van der Waals surface area contributed by atoms with Crippen molar-refractivity contribution in [1.29, 1.82) is 0 Å². The Hall–Kier alpha value is -3.13. The van der Waals surface area contributed by atoms with Crippen molar-refractivity contribution in [3.8, 4) is 0 Å². The topological polar surface area (TPSA) is 94.2 Å². The number of hydrogen-bond acceptors (Lipinski definition) is 8. The number of nitrogens with one attached hydrogen (secondary N) is 1. The molecule has 33 heavy (non-hydrogen) atoms. The van der Waals surface area contributed by atoms with Crippen molar-refractivity contribution in [1.82, 2.24) is 5.32 Å². The summed E-state index contributed by atoms with van der Waals surface area (Å²) in [5, 5.41) is 3.25. The first-order valence-electron chi connectivity index (χ1n) is 11.0. The van der Waals surface area contributed by atoms with Crippen LogP contribution in [0.2, 0.25) is 0 Å². The first-order valence-corrected chi connectivity index (χ1v) is 11.0. The Morgan fingerprint density at radius 3 is 2.36 bits per heavy atom. The van der Waals surface area contributed by atoms with Gasteiger partial charge in [0, 0.05) is 49.8 Å². The molecule has 1 aromatic rings. The van der Waals surface area contributed by atoms with E-state index in [-0.39, 0.29) is 24.9 Å². The highest BCUT2D eigenvalue weighted by atomic mass is 16.6. The maximum atomic E-state index is 13.7. The quantitative estimate of drug-likeness (QED) is 0.380. The van der Waals surface area contributed by atoms with Crippen LogP contribution < -0.4 is 10.2 Å². The summed E-state index contributed by atoms with van der Waals surface area (Å²) < 4.78 is 15.4. The van der Waals surface area contributed by atoms with Crippen molar-refractivity contribution in [3.63, 3.8) is 0 Å². The number of Topliss-reactive ketones (excluding diaryl/α,β-unsaturated/α-hetero) is 1. The standard InChI is InChI=1S/C25H32N2O6/c1-14-13-18-22(23(28)19(14)24(29)32-6)21(16-7-9-17(10-8-16)27(3)4)20(15(2)26-18)25(30)33-12-11-31-5/h7-10,14,19,21,26H,11-13H2,1-6H3/t14-,19-,21+/m1/s1. The van der Waals surface area contributed by atoms with Crippen molar-refractivity contribution in [2.24, 2.45) is 11.8 Å². The smallest absolute Gasteiger partial charge is 0.336 e. The highest BCUT2D eigenvalue weighted by Gasteiger charge is 2.47. The molecule has 0 spiro atoms. The molecule has 8 nitrogen and oxygen atoms in total. The molecule has 1 N–H and O–H groups in total. The fourth-order valence-corrected chi connectivity index (χ4v) is 4.54. The van der Waals surface area contributed by atoms with Gasteiger partial charge in [0.15, 0.2) is 5.78 Å². The van der Waals surface area contributed by atoms with Gasteiger partial charge in [-0.3, -0.25) is 9.59 Å². The van der Waals surface area contributed by atoms with Crippen LogP contribution in [0.1, 0.15) is 31.7 Å². The lowest BCUT2D eigenvalue weighted by Gasteiger charge is -2.38. The summed E-state index contributed by atoms with van der Waals surface area (Å²) in [5.74, 6) is -3.19. The van der Waals surface area contributed by atoms with Gasteiger partial charge in [-0.05, 0) is 37.0 Å². The monoisotopic (exact) mass is 456 g/mol. The van der Waals surface area contributed by atoms with E-state index in [1.54, 1.807) is 6.92 Å². The summed E-state index contributed by atoms with van der Waals surface area (Å²) in [6.07, 6.45) is 0.496. The fraction of sp³-hybridized carbons (Fsp3) is 0.480. The van der Waals surface area contributed by atoms with Gasteiger partial charge < -0.3 is 24.4 Å². The van der Waals surface area contributed by atoms with Gasteiger partial charge in [0.25, 0.3) is 0 Å². The van der Waals surface area contributed by atoms with Crippen LogP contribution in [0.5, 0.6) is 0 Å². The van der Waals surface area contributed by atoms with Gasteiger partial charge in [0.2, 0.25) is 0 Å². The van der Waals surface area contributed by atoms with Crippen LogP contribution in [0.15, 0.2) is 46.8 Å². The maximum absolute atomic E-state index is 13.7. The zero-order valence-corrected chi connectivity index (χ0v) is 20.1. The molecule has 0 fully saturated rings. The number of carbonyl (C=O) groups excluding carboxylic acids is 3. The van der Waals surface area contributed by atoms with Crippen LogP contribution in [0.4, 0.5) is 5.69 Å². The Kier molecular flexibility index (Phi) is 7.58. The summed E-state index contributed by atoms with van der Waals surface area (Å²) >= 11 is 0. The zero-order chi connectivity index (χ0) is 24.3. The number of ether oxygens (including phenoxy) is 3. The van der Waals surface area contributed by atoms with E-state index in [1.807, 2.05) is 50.2 Å². The summed E-state index contributed by atoms with van der Waals surface area (Å²) in [5.41, 5.74) is 3.91. The van der Waals surface area contributed by atoms with E-state index in [1.165, 1.54) is 14.2 Å². The van der Waals surface area contributed by atoms with Crippen molar-refractivity contribution < 1.29 is 28.6 Å². The average molecular weight is 457 g/mol. The van der Waals surface area contributed by atoms with E-state index in [2.05, 4.69) is 5.32 Å². The molecule has 1 aliphatic heterocycles. The summed E-state index contributed by atoms with van der Waals surface area (Å²) in [7, 11) is 6.69. The first-order chi connectivity index (χ1) is 15.7. The van der Waals surface area contributed by atoms with Crippen LogP contribution in [-0.4, -0.2) is 59.3 Å². The van der Waals surface area contributed by atoms with Gasteiger partial charge in [-0.1, -0.05) is 19.1 Å². The minimum absolute atomic E-state index is 0.0973. The number of hydrogen-bond donors (Lipinski definition) is 1. The molecule has 0 bridgehead atoms. The third kappa shape index (κ3) is 4.80. The van der Waals surface area contributed by atoms with Crippen molar-refractivity contribution in [2.45, 2.75) is 26.2 Å². The lowest BCUT2D eigenvalue weighted by molar-refractivity contribution is -0.151. The van der Waals surface area contributed by atoms with Gasteiger partial charge in [0.1, 0.15) is 12.5 Å². The second-order valence-electron chi connectivity index (χ2n) is 8.65. The van der Waals surface area contributed by atoms with Gasteiger partial charge in [0.05, 0.1) is 19.3 Å². The summed E-state index contributed by atoms with van der Waals surface area (Å²) in [6.45, 7) is 4.03. The Balaban J connectivity index is 2.12. The van der Waals surface area contributed by atoms with Gasteiger partial charge in [-0.15, -0.1) is 0 Å². The number of allylic oxidation sites excluding steroid dienone is 3. The molecule has 178 valence electrons. The molecule has 3 rings (SSSR count). The highest BCUT2D eigenvalue weighted by Crippen LogP contribution is 2.45. The molecule has 8 heteroatoms. The second kappa shape index (κ2) is 10.2. The van der Waals surface area contributed by atoms with E-state index in [9.17, 15) is 14.4 Å². The minimum Gasteiger partial charge on any atom is -0.468 e. The molecule has 1 aromatic carbocycles. The van der Waals surface area contributed by atoms with Crippen molar-refractivity contribution >= 4 is 23.4 Å². The van der Waals surface area contributed by atoms with E-state index in [4.69, 9.17) is 14.2 Å². The molecule has 3 atom stereocenters. The molecule has 0 radical (unpaired) electrons. The number of dihydropyridines is 1. The number of ketones is 1. The highest BCUT2D eigenvalue weighted by molar-refractivity contribution is 6.12. The van der Waals surface area contributed by atoms with E-state index in [0.29, 0.717) is 23.3 Å². The van der Waals surface area contributed by atoms with E-state index in [0.717, 1.165) is 16.9 Å². The predicted octanol–water partition coefficient (Wildman–Crippen LogP) is 2.56. The van der Waals surface area contributed by atoms with Crippen LogP contribution in [0.25, 0.3) is 0 Å². The largest absolute Gasteiger partial charge is 0.468 e. The fourth-order valence-electron chi connectivity index (χ4n) is 4.54. The van der Waals surface area contributed by atoms with Gasteiger partial charge in [-0.25, -0.2) is 4.79 Å². The van der Waals surface area contributed by atoms with Gasteiger partial charge in [-0.2, -0.15) is 0 Å². The molecule has 0 aromatic heterocycles. The Morgan fingerprint density at radius 1 is 1.12 bits per heavy atom. The van der Waals surface area contributed by atoms with E-state index >= 15 is 0 Å². The molecular formula is C25H32N2O6. The van der Waals surface area contributed by atoms with Crippen LogP contribution in [0, 0.1) is 11.8 Å². The summed E-state index contributed by atoms with van der Waals surface area (Å²) in [4.78, 5) is 41.3. The second-order valence-corrected chi connectivity index (χ2v) is 8.65. The number of esters is 2. The molecule has 1 aliphatic carbocycles. The zero-order valence-electron chi connectivity index (χ0n) is 20.1. The maximum Gasteiger partial charge on any atom is 0.336 e. The third-order valence-corrected chi connectivity index (χ3v) is 6.23. The third-order valence-electron chi connectivity index (χ3n) is 6.23. The average Bonchev–Trinajstić information content (AvgIpc) is 2.78. The Bertz CT molecular complexity index is 993. The molecule has 0 saturated heterocycles. The number of benzene rings is 1. The molecule has 0 saturated carbocycles. The lowest BCUT2D eigenvalue weighted by atomic mass is 9.69. The van der Waals surface area contributed by atoms with Crippen LogP contribution >= 0.6 is 0 Å². The molecule has 2 aliphatic rings. The van der Waals surface area contributed by atoms with Gasteiger partial charge >= 0.3 is 11.9 Å². The SMILES string of the molecule is COCCOC(=O)C1=C(C)NC2=C(C(=O)[C@H](C(=O)OC)[C@H](C)C2)[C@H]1c1ccc(N(C)C)cc1. The Labute approximate surface area is 194 Å². The minimum atomic E-state index is -0.914. The first kappa shape index (κ1) is 24.5. The van der Waals surface area contributed by atoms with Crippen LogP contribution in [-0.2, 0) is 28.6 Å². The molecule has 0 amide bonds. The number of carbonyl (C=O) groups is 3.